The highest BCUT2D eigenvalue weighted by molar-refractivity contribution is 7.91. The molecule has 0 bridgehead atoms. The van der Waals surface area contributed by atoms with Crippen molar-refractivity contribution in [2.24, 2.45) is 5.92 Å². The van der Waals surface area contributed by atoms with Crippen molar-refractivity contribution in [3.63, 3.8) is 0 Å². The lowest BCUT2D eigenvalue weighted by atomic mass is 10.2. The molecule has 1 N–H and O–H groups in total. The average Bonchev–Trinajstić information content (AvgIpc) is 2.86. The van der Waals surface area contributed by atoms with Crippen LogP contribution in [0.2, 0.25) is 0 Å². The molecule has 7 nitrogen and oxygen atoms in total. The number of rotatable bonds is 6. The minimum Gasteiger partial charge on any atom is -0.352 e. The van der Waals surface area contributed by atoms with Gasteiger partial charge >= 0.3 is 0 Å². The maximum absolute atomic E-state index is 11.9. The number of nitrogens with one attached hydrogen (secondary N) is 1. The number of hydrogen-bond acceptors (Lipinski definition) is 6. The molecule has 0 saturated carbocycles. The molecule has 2 rings (SSSR count). The number of nitrogens with zero attached hydrogens (tertiary/aromatic N) is 3. The number of carbonyl (C=O) groups is 1. The molecule has 8 heteroatoms. The molecule has 1 amide bonds. The Kier molecular flexibility index (Phi) is 5.56. The summed E-state index contributed by atoms with van der Waals surface area (Å²) in [6.07, 6.45) is 3.59. The number of aromatic nitrogens is 2. The van der Waals surface area contributed by atoms with Gasteiger partial charge in [-0.05, 0) is 19.3 Å². The lowest BCUT2D eigenvalue weighted by Gasteiger charge is -2.27. The second-order valence-corrected chi connectivity index (χ2v) is 8.44. The first-order chi connectivity index (χ1) is 10.8. The summed E-state index contributed by atoms with van der Waals surface area (Å²) in [5.41, 5.74) is 0.268. The van der Waals surface area contributed by atoms with Crippen molar-refractivity contribution in [3.05, 3.63) is 18.1 Å². The second-order valence-electron chi connectivity index (χ2n) is 6.21. The van der Waals surface area contributed by atoms with Crippen LogP contribution in [0, 0.1) is 5.92 Å². The van der Waals surface area contributed by atoms with E-state index in [9.17, 15) is 13.2 Å². The zero-order chi connectivity index (χ0) is 17.0. The van der Waals surface area contributed by atoms with Crippen LogP contribution in [-0.2, 0) is 9.84 Å². The topological polar surface area (TPSA) is 92.3 Å². The molecule has 1 fully saturated rings. The van der Waals surface area contributed by atoms with Crippen LogP contribution < -0.4 is 10.2 Å². The summed E-state index contributed by atoms with van der Waals surface area (Å²) in [5.74, 6) is 1.10. The van der Waals surface area contributed by atoms with Crippen LogP contribution in [0.15, 0.2) is 12.4 Å². The Hall–Kier alpha value is -1.70. The number of anilines is 1. The molecule has 23 heavy (non-hydrogen) atoms. The highest BCUT2D eigenvalue weighted by atomic mass is 32.2. The molecular formula is C15H24N4O3S. The van der Waals surface area contributed by atoms with Crippen LogP contribution in [0.1, 0.15) is 37.7 Å². The lowest BCUT2D eigenvalue weighted by Crippen LogP contribution is -2.37. The highest BCUT2D eigenvalue weighted by Gasteiger charge is 2.32. The zero-order valence-electron chi connectivity index (χ0n) is 13.8. The number of carbonyl (C=O) groups excluding carboxylic acids is 1. The predicted molar refractivity (Wildman–Crippen MR) is 89.3 cm³/mol. The number of amides is 1. The van der Waals surface area contributed by atoms with Gasteiger partial charge in [-0.2, -0.15) is 0 Å². The van der Waals surface area contributed by atoms with Gasteiger partial charge in [-0.3, -0.25) is 4.79 Å². The van der Waals surface area contributed by atoms with Crippen molar-refractivity contribution in [2.45, 2.75) is 33.2 Å². The normalized spacial score (nSPS) is 19.7. The van der Waals surface area contributed by atoms with Crippen molar-refractivity contribution >= 4 is 21.6 Å². The monoisotopic (exact) mass is 340 g/mol. The van der Waals surface area contributed by atoms with E-state index >= 15 is 0 Å². The summed E-state index contributed by atoms with van der Waals surface area (Å²) in [6, 6.07) is -0.0695. The van der Waals surface area contributed by atoms with Crippen molar-refractivity contribution in [3.8, 4) is 0 Å². The first-order valence-electron chi connectivity index (χ1n) is 7.89. The Bertz CT molecular complexity index is 643. The molecule has 1 aromatic rings. The van der Waals surface area contributed by atoms with Crippen LogP contribution in [-0.4, -0.2) is 54.9 Å². The third kappa shape index (κ3) is 4.63. The van der Waals surface area contributed by atoms with Gasteiger partial charge in [0.05, 0.1) is 23.9 Å². The van der Waals surface area contributed by atoms with Gasteiger partial charge in [-0.1, -0.05) is 13.8 Å². The molecule has 128 valence electrons. The molecule has 0 aliphatic carbocycles. The van der Waals surface area contributed by atoms with Gasteiger partial charge in [-0.25, -0.2) is 18.4 Å². The Labute approximate surface area is 137 Å². The smallest absolute Gasteiger partial charge is 0.271 e. The van der Waals surface area contributed by atoms with Crippen molar-refractivity contribution in [1.82, 2.24) is 15.3 Å². The van der Waals surface area contributed by atoms with Crippen LogP contribution in [0.25, 0.3) is 0 Å². The molecule has 1 unspecified atom stereocenters. The molecule has 1 atom stereocenters. The Morgan fingerprint density at radius 1 is 1.39 bits per heavy atom. The number of hydrogen-bond donors (Lipinski definition) is 1. The van der Waals surface area contributed by atoms with Crippen LogP contribution in [0.3, 0.4) is 0 Å². The standard InChI is InChI=1S/C15H24N4O3S/c1-4-19(12-5-6-23(21,22)10-12)14-9-16-13(8-17-14)15(20)18-7-11(2)3/h8-9,11-12H,4-7,10H2,1-3H3,(H,18,20). The summed E-state index contributed by atoms with van der Waals surface area (Å²) in [4.78, 5) is 22.3. The first-order valence-corrected chi connectivity index (χ1v) is 9.72. The van der Waals surface area contributed by atoms with Crippen molar-refractivity contribution in [2.75, 3.05) is 29.5 Å². The van der Waals surface area contributed by atoms with E-state index < -0.39 is 9.84 Å². The second kappa shape index (κ2) is 7.25. The summed E-state index contributed by atoms with van der Waals surface area (Å²) in [7, 11) is -2.95. The van der Waals surface area contributed by atoms with Crippen LogP contribution in [0.5, 0.6) is 0 Å². The number of sulfone groups is 1. The van der Waals surface area contributed by atoms with E-state index in [1.54, 1.807) is 6.20 Å². The minimum absolute atomic E-state index is 0.0695. The zero-order valence-corrected chi connectivity index (χ0v) is 14.6. The average molecular weight is 340 g/mol. The maximum atomic E-state index is 11.9. The van der Waals surface area contributed by atoms with Gasteiger partial charge in [0.15, 0.2) is 9.84 Å². The lowest BCUT2D eigenvalue weighted by molar-refractivity contribution is 0.0943. The summed E-state index contributed by atoms with van der Waals surface area (Å²) >= 11 is 0. The van der Waals surface area contributed by atoms with Gasteiger partial charge < -0.3 is 10.2 Å². The fourth-order valence-corrected chi connectivity index (χ4v) is 4.33. The molecule has 1 aliphatic rings. The van der Waals surface area contributed by atoms with Crippen LogP contribution in [0.4, 0.5) is 5.82 Å². The fraction of sp³-hybridized carbons (Fsp3) is 0.667. The SMILES string of the molecule is CCN(c1cnc(C(=O)NCC(C)C)cn1)C1CCS(=O)(=O)C1. The molecule has 1 saturated heterocycles. The third-order valence-corrected chi connectivity index (χ3v) is 5.58. The molecule has 1 aliphatic heterocycles. The Morgan fingerprint density at radius 2 is 2.13 bits per heavy atom. The largest absolute Gasteiger partial charge is 0.352 e. The van der Waals surface area contributed by atoms with Gasteiger partial charge in [-0.15, -0.1) is 0 Å². The maximum Gasteiger partial charge on any atom is 0.271 e. The summed E-state index contributed by atoms with van der Waals surface area (Å²) < 4.78 is 23.3. The van der Waals surface area contributed by atoms with E-state index in [4.69, 9.17) is 0 Å². The first kappa shape index (κ1) is 17.7. The Balaban J connectivity index is 2.07. The molecule has 1 aromatic heterocycles. The minimum atomic E-state index is -2.95. The van der Waals surface area contributed by atoms with Gasteiger partial charge in [0.25, 0.3) is 5.91 Å². The molecule has 0 spiro atoms. The van der Waals surface area contributed by atoms with Crippen LogP contribution >= 0.6 is 0 Å². The van der Waals surface area contributed by atoms with Gasteiger partial charge in [0.1, 0.15) is 11.5 Å². The Morgan fingerprint density at radius 3 is 2.61 bits per heavy atom. The van der Waals surface area contributed by atoms with E-state index in [1.807, 2.05) is 25.7 Å². The third-order valence-electron chi connectivity index (χ3n) is 3.83. The van der Waals surface area contributed by atoms with Gasteiger partial charge in [0.2, 0.25) is 0 Å². The summed E-state index contributed by atoms with van der Waals surface area (Å²) in [5, 5.41) is 2.79. The van der Waals surface area contributed by atoms with Crippen molar-refractivity contribution < 1.29 is 13.2 Å². The molecule has 0 aromatic carbocycles. The van der Waals surface area contributed by atoms with E-state index in [2.05, 4.69) is 15.3 Å². The fourth-order valence-electron chi connectivity index (χ4n) is 2.60. The molecule has 0 radical (unpaired) electrons. The van der Waals surface area contributed by atoms with E-state index in [1.165, 1.54) is 6.20 Å². The highest BCUT2D eigenvalue weighted by Crippen LogP contribution is 2.22. The van der Waals surface area contributed by atoms with E-state index in [0.717, 1.165) is 0 Å². The predicted octanol–water partition coefficient (Wildman–Crippen LogP) is 0.876. The van der Waals surface area contributed by atoms with E-state index in [0.29, 0.717) is 31.2 Å². The van der Waals surface area contributed by atoms with E-state index in [-0.39, 0.29) is 29.1 Å². The van der Waals surface area contributed by atoms with Gasteiger partial charge in [0, 0.05) is 19.1 Å². The molecule has 2 heterocycles. The van der Waals surface area contributed by atoms with Crippen molar-refractivity contribution in [1.29, 1.82) is 0 Å². The quantitative estimate of drug-likeness (QED) is 0.826. The molecular weight excluding hydrogens is 316 g/mol. The summed E-state index contributed by atoms with van der Waals surface area (Å²) in [6.45, 7) is 7.22.